The molecule has 0 fully saturated rings. The van der Waals surface area contributed by atoms with E-state index in [0.717, 1.165) is 17.8 Å². The van der Waals surface area contributed by atoms with Gasteiger partial charge in [-0.15, -0.1) is 0 Å². The van der Waals surface area contributed by atoms with Crippen molar-refractivity contribution in [3.63, 3.8) is 0 Å². The van der Waals surface area contributed by atoms with Gasteiger partial charge in [0.2, 0.25) is 0 Å². The summed E-state index contributed by atoms with van der Waals surface area (Å²) in [6, 6.07) is 8.43. The first-order valence-corrected chi connectivity index (χ1v) is 10.5. The van der Waals surface area contributed by atoms with Crippen LogP contribution in [0.2, 0.25) is 0 Å². The number of rotatable bonds is 6. The van der Waals surface area contributed by atoms with E-state index in [1.54, 1.807) is 29.3 Å². The standard InChI is InChI=1S/C24H22F4N4O/c1-3-32-13-19-18(23(32)33)7-9-30-22(19)31-14(2)16-4-5-17(20(25)12-16)10-15-6-8-29-21(11-15)24(26,27)28/h4-9,11-12,14H,3,10,13H2,1-2H3,(H,30,31). The van der Waals surface area contributed by atoms with Crippen molar-refractivity contribution in [1.82, 2.24) is 14.9 Å². The molecule has 0 saturated heterocycles. The van der Waals surface area contributed by atoms with E-state index >= 15 is 0 Å². The van der Waals surface area contributed by atoms with Crippen molar-refractivity contribution in [2.75, 3.05) is 11.9 Å². The Morgan fingerprint density at radius 2 is 1.88 bits per heavy atom. The first-order chi connectivity index (χ1) is 15.7. The third-order valence-electron chi connectivity index (χ3n) is 5.74. The summed E-state index contributed by atoms with van der Waals surface area (Å²) in [6.45, 7) is 4.82. The van der Waals surface area contributed by atoms with Gasteiger partial charge in [0.15, 0.2) is 0 Å². The van der Waals surface area contributed by atoms with Crippen LogP contribution in [-0.4, -0.2) is 27.3 Å². The monoisotopic (exact) mass is 458 g/mol. The Bertz CT molecular complexity index is 1200. The van der Waals surface area contributed by atoms with Crippen molar-refractivity contribution in [2.24, 2.45) is 0 Å². The van der Waals surface area contributed by atoms with E-state index in [4.69, 9.17) is 0 Å². The highest BCUT2D eigenvalue weighted by atomic mass is 19.4. The minimum atomic E-state index is -4.55. The lowest BCUT2D eigenvalue weighted by molar-refractivity contribution is -0.141. The van der Waals surface area contributed by atoms with Gasteiger partial charge in [0.1, 0.15) is 17.3 Å². The Balaban J connectivity index is 1.51. The fourth-order valence-electron chi connectivity index (χ4n) is 3.89. The Kier molecular flexibility index (Phi) is 6.05. The quantitative estimate of drug-likeness (QED) is 0.505. The van der Waals surface area contributed by atoms with Gasteiger partial charge in [-0.2, -0.15) is 13.2 Å². The number of pyridine rings is 2. The Morgan fingerprint density at radius 1 is 1.12 bits per heavy atom. The predicted molar refractivity (Wildman–Crippen MR) is 115 cm³/mol. The van der Waals surface area contributed by atoms with E-state index in [2.05, 4.69) is 15.3 Å². The second kappa shape index (κ2) is 8.80. The fourth-order valence-corrected chi connectivity index (χ4v) is 3.89. The molecule has 0 spiro atoms. The lowest BCUT2D eigenvalue weighted by atomic mass is 10.0. The second-order valence-electron chi connectivity index (χ2n) is 7.95. The summed E-state index contributed by atoms with van der Waals surface area (Å²) in [6.07, 6.45) is -1.89. The summed E-state index contributed by atoms with van der Waals surface area (Å²) in [5.41, 5.74) is 1.68. The number of amides is 1. The maximum Gasteiger partial charge on any atom is 0.433 e. The average molecular weight is 458 g/mol. The third kappa shape index (κ3) is 4.67. The number of halogens is 4. The molecule has 1 amide bonds. The molecule has 0 radical (unpaired) electrons. The topological polar surface area (TPSA) is 58.1 Å². The molecule has 1 unspecified atom stereocenters. The van der Waals surface area contributed by atoms with E-state index in [-0.39, 0.29) is 23.9 Å². The van der Waals surface area contributed by atoms with Crippen molar-refractivity contribution in [3.8, 4) is 0 Å². The van der Waals surface area contributed by atoms with Crippen molar-refractivity contribution in [3.05, 3.63) is 88.1 Å². The Hall–Kier alpha value is -3.49. The number of aromatic nitrogens is 2. The third-order valence-corrected chi connectivity index (χ3v) is 5.74. The van der Waals surface area contributed by atoms with E-state index < -0.39 is 17.7 Å². The van der Waals surface area contributed by atoms with Gasteiger partial charge < -0.3 is 10.2 Å². The lowest BCUT2D eigenvalue weighted by Crippen LogP contribution is -2.22. The molecule has 0 bridgehead atoms. The van der Waals surface area contributed by atoms with E-state index in [1.165, 1.54) is 12.1 Å². The van der Waals surface area contributed by atoms with Crippen molar-refractivity contribution >= 4 is 11.7 Å². The van der Waals surface area contributed by atoms with Crippen LogP contribution in [0.1, 0.15) is 58.2 Å². The molecule has 33 heavy (non-hydrogen) atoms. The van der Waals surface area contributed by atoms with Crippen LogP contribution < -0.4 is 5.32 Å². The number of benzene rings is 1. The summed E-state index contributed by atoms with van der Waals surface area (Å²) in [5.74, 6) is 0.0288. The maximum absolute atomic E-state index is 14.8. The molecular formula is C24H22F4N4O. The molecule has 172 valence electrons. The number of hydrogen-bond donors (Lipinski definition) is 1. The van der Waals surface area contributed by atoms with Crippen LogP contribution in [0, 0.1) is 5.82 Å². The molecule has 1 aliphatic rings. The van der Waals surface area contributed by atoms with E-state index in [9.17, 15) is 22.4 Å². The van der Waals surface area contributed by atoms with Crippen LogP contribution in [0.3, 0.4) is 0 Å². The summed E-state index contributed by atoms with van der Waals surface area (Å²) in [5, 5.41) is 3.25. The van der Waals surface area contributed by atoms with Gasteiger partial charge >= 0.3 is 6.18 Å². The van der Waals surface area contributed by atoms with Gasteiger partial charge in [-0.05, 0) is 54.8 Å². The fraction of sp³-hybridized carbons (Fsp3) is 0.292. The number of nitrogens with one attached hydrogen (secondary N) is 1. The highest BCUT2D eigenvalue weighted by Gasteiger charge is 2.32. The van der Waals surface area contributed by atoms with Crippen LogP contribution in [0.4, 0.5) is 23.4 Å². The zero-order valence-electron chi connectivity index (χ0n) is 18.1. The molecule has 3 aromatic rings. The summed E-state index contributed by atoms with van der Waals surface area (Å²) in [7, 11) is 0. The molecule has 4 rings (SSSR count). The zero-order valence-corrected chi connectivity index (χ0v) is 18.1. The number of alkyl halides is 3. The van der Waals surface area contributed by atoms with Gasteiger partial charge in [-0.3, -0.25) is 9.78 Å². The van der Waals surface area contributed by atoms with Gasteiger partial charge in [0, 0.05) is 36.5 Å². The van der Waals surface area contributed by atoms with Crippen LogP contribution in [0.5, 0.6) is 0 Å². The van der Waals surface area contributed by atoms with Crippen molar-refractivity contribution < 1.29 is 22.4 Å². The van der Waals surface area contributed by atoms with Crippen LogP contribution in [-0.2, 0) is 19.1 Å². The molecule has 1 atom stereocenters. The van der Waals surface area contributed by atoms with Crippen LogP contribution in [0.25, 0.3) is 0 Å². The molecule has 9 heteroatoms. The maximum atomic E-state index is 14.8. The number of carbonyl (C=O) groups excluding carboxylic acids is 1. The zero-order chi connectivity index (χ0) is 23.8. The minimum absolute atomic E-state index is 0.0161. The average Bonchev–Trinajstić information content (AvgIpc) is 3.11. The molecule has 1 aromatic carbocycles. The van der Waals surface area contributed by atoms with E-state index in [0.29, 0.717) is 35.6 Å². The number of fused-ring (bicyclic) bond motifs is 1. The summed E-state index contributed by atoms with van der Waals surface area (Å²) >= 11 is 0. The number of anilines is 1. The summed E-state index contributed by atoms with van der Waals surface area (Å²) < 4.78 is 53.5. The SMILES string of the molecule is CCN1Cc2c(ccnc2NC(C)c2ccc(Cc3ccnc(C(F)(F)F)c3)c(F)c2)C1=O. The number of hydrogen-bond acceptors (Lipinski definition) is 4. The molecule has 5 nitrogen and oxygen atoms in total. The summed E-state index contributed by atoms with van der Waals surface area (Å²) in [4.78, 5) is 21.8. The number of nitrogens with zero attached hydrogens (tertiary/aromatic N) is 3. The Labute approximate surface area is 188 Å². The smallest absolute Gasteiger partial charge is 0.363 e. The highest BCUT2D eigenvalue weighted by Crippen LogP contribution is 2.31. The number of carbonyl (C=O) groups is 1. The molecule has 2 aromatic heterocycles. The molecule has 0 aliphatic carbocycles. The first-order valence-electron chi connectivity index (χ1n) is 10.5. The van der Waals surface area contributed by atoms with Gasteiger partial charge in [-0.25, -0.2) is 9.37 Å². The van der Waals surface area contributed by atoms with Crippen LogP contribution in [0.15, 0.2) is 48.8 Å². The lowest BCUT2D eigenvalue weighted by Gasteiger charge is -2.18. The second-order valence-corrected chi connectivity index (χ2v) is 7.95. The highest BCUT2D eigenvalue weighted by molar-refractivity contribution is 5.99. The van der Waals surface area contributed by atoms with Crippen molar-refractivity contribution in [1.29, 1.82) is 0 Å². The first kappa shape index (κ1) is 22.7. The molecular weight excluding hydrogens is 436 g/mol. The molecule has 0 saturated carbocycles. The van der Waals surface area contributed by atoms with Gasteiger partial charge in [-0.1, -0.05) is 12.1 Å². The van der Waals surface area contributed by atoms with Gasteiger partial charge in [0.05, 0.1) is 12.6 Å². The van der Waals surface area contributed by atoms with Gasteiger partial charge in [0.25, 0.3) is 5.91 Å². The Morgan fingerprint density at radius 3 is 2.58 bits per heavy atom. The van der Waals surface area contributed by atoms with Crippen molar-refractivity contribution in [2.45, 2.75) is 39.0 Å². The normalized spacial score (nSPS) is 14.4. The molecule has 3 heterocycles. The van der Waals surface area contributed by atoms with Crippen LogP contribution >= 0.6 is 0 Å². The molecule has 1 aliphatic heterocycles. The minimum Gasteiger partial charge on any atom is -0.363 e. The molecule has 1 N–H and O–H groups in total. The van der Waals surface area contributed by atoms with E-state index in [1.807, 2.05) is 13.8 Å². The largest absolute Gasteiger partial charge is 0.433 e. The predicted octanol–water partition coefficient (Wildman–Crippen LogP) is 5.37.